The predicted molar refractivity (Wildman–Crippen MR) is 92.6 cm³/mol. The molecular formula is C12H13ClN4OS3. The van der Waals surface area contributed by atoms with Gasteiger partial charge in [-0.3, -0.25) is 10.4 Å². The number of thiophene rings is 1. The van der Waals surface area contributed by atoms with Crippen LogP contribution >= 0.6 is 47.3 Å². The van der Waals surface area contributed by atoms with Crippen LogP contribution in [-0.4, -0.2) is 28.5 Å². The van der Waals surface area contributed by atoms with Crippen molar-refractivity contribution in [1.29, 1.82) is 5.41 Å². The van der Waals surface area contributed by atoms with Gasteiger partial charge in [0.25, 0.3) is 0 Å². The van der Waals surface area contributed by atoms with Crippen molar-refractivity contribution in [2.75, 3.05) is 12.0 Å². The lowest BCUT2D eigenvalue weighted by molar-refractivity contribution is 0.338. The molecule has 1 aliphatic heterocycles. The minimum Gasteiger partial charge on any atom is -0.383 e. The molecule has 5 nitrogen and oxygen atoms in total. The topological polar surface area (TPSA) is 88.3 Å². The fourth-order valence-corrected chi connectivity index (χ4v) is 4.93. The van der Waals surface area contributed by atoms with Crippen molar-refractivity contribution in [2.24, 2.45) is 10.7 Å². The number of nitrogens with zero attached hydrogens (tertiary/aromatic N) is 2. The van der Waals surface area contributed by atoms with Crippen LogP contribution in [0.2, 0.25) is 0 Å². The SMILES string of the molecule is CSc1sc(C(=N)N)cc1C1(c2ccno2)CSC=N1.Cl. The minimum atomic E-state index is -0.552. The van der Waals surface area contributed by atoms with E-state index in [0.29, 0.717) is 0 Å². The zero-order valence-electron chi connectivity index (χ0n) is 11.0. The summed E-state index contributed by atoms with van der Waals surface area (Å²) >= 11 is 4.80. The Hall–Kier alpha value is -0.960. The van der Waals surface area contributed by atoms with E-state index in [4.69, 9.17) is 15.7 Å². The highest BCUT2D eigenvalue weighted by molar-refractivity contribution is 8.12. The van der Waals surface area contributed by atoms with E-state index in [1.54, 1.807) is 29.7 Å². The molecule has 0 bridgehead atoms. The molecule has 1 aliphatic rings. The van der Waals surface area contributed by atoms with Crippen LogP contribution in [0.4, 0.5) is 0 Å². The Balaban J connectivity index is 0.00000161. The normalized spacial score (nSPS) is 20.4. The van der Waals surface area contributed by atoms with Gasteiger partial charge in [0.1, 0.15) is 5.84 Å². The maximum atomic E-state index is 7.63. The fourth-order valence-electron chi connectivity index (χ4n) is 2.11. The molecule has 3 rings (SSSR count). The largest absolute Gasteiger partial charge is 0.383 e. The summed E-state index contributed by atoms with van der Waals surface area (Å²) in [6, 6.07) is 3.79. The van der Waals surface area contributed by atoms with E-state index in [1.165, 1.54) is 11.3 Å². The van der Waals surface area contributed by atoms with Gasteiger partial charge >= 0.3 is 0 Å². The summed E-state index contributed by atoms with van der Waals surface area (Å²) in [4.78, 5) is 5.41. The van der Waals surface area contributed by atoms with Gasteiger partial charge in [0, 0.05) is 17.4 Å². The Bertz CT molecular complexity index is 670. The number of nitrogens with one attached hydrogen (secondary N) is 1. The highest BCUT2D eigenvalue weighted by atomic mass is 35.5. The fraction of sp³-hybridized carbons (Fsp3) is 0.250. The summed E-state index contributed by atoms with van der Waals surface area (Å²) in [6.45, 7) is 0. The van der Waals surface area contributed by atoms with E-state index in [1.807, 2.05) is 23.9 Å². The smallest absolute Gasteiger partial charge is 0.169 e. The quantitative estimate of drug-likeness (QED) is 0.496. The molecule has 112 valence electrons. The van der Waals surface area contributed by atoms with Crippen LogP contribution in [0.15, 0.2) is 32.1 Å². The van der Waals surface area contributed by atoms with E-state index in [-0.39, 0.29) is 18.2 Å². The Kier molecular flexibility index (Phi) is 5.03. The third kappa shape index (κ3) is 2.73. The average molecular weight is 361 g/mol. The van der Waals surface area contributed by atoms with Crippen LogP contribution in [0.25, 0.3) is 0 Å². The van der Waals surface area contributed by atoms with Crippen molar-refractivity contribution < 1.29 is 4.52 Å². The maximum absolute atomic E-state index is 7.63. The van der Waals surface area contributed by atoms with Gasteiger partial charge < -0.3 is 10.3 Å². The van der Waals surface area contributed by atoms with Crippen molar-refractivity contribution in [3.05, 3.63) is 34.5 Å². The molecule has 2 aromatic heterocycles. The van der Waals surface area contributed by atoms with Gasteiger partial charge in [-0.1, -0.05) is 5.16 Å². The van der Waals surface area contributed by atoms with E-state index < -0.39 is 5.54 Å². The number of aliphatic imine (C=N–C) groups is 1. The monoisotopic (exact) mass is 360 g/mol. The number of halogens is 1. The van der Waals surface area contributed by atoms with E-state index in [9.17, 15) is 0 Å². The van der Waals surface area contributed by atoms with Crippen LogP contribution in [0, 0.1) is 5.41 Å². The maximum Gasteiger partial charge on any atom is 0.169 e. The van der Waals surface area contributed by atoms with Crippen LogP contribution in [0.3, 0.4) is 0 Å². The van der Waals surface area contributed by atoms with Crippen molar-refractivity contribution >= 4 is 58.6 Å². The highest BCUT2D eigenvalue weighted by Gasteiger charge is 2.42. The Morgan fingerprint density at radius 1 is 1.57 bits per heavy atom. The number of hydrogen-bond acceptors (Lipinski definition) is 7. The van der Waals surface area contributed by atoms with Crippen molar-refractivity contribution in [3.8, 4) is 0 Å². The van der Waals surface area contributed by atoms with Gasteiger partial charge in [-0.25, -0.2) is 0 Å². The first-order chi connectivity index (χ1) is 9.67. The Morgan fingerprint density at radius 2 is 2.38 bits per heavy atom. The van der Waals surface area contributed by atoms with E-state index in [0.717, 1.165) is 26.2 Å². The molecule has 0 aliphatic carbocycles. The molecule has 1 atom stereocenters. The van der Waals surface area contributed by atoms with Gasteiger partial charge in [-0.2, -0.15) is 0 Å². The van der Waals surface area contributed by atoms with Gasteiger partial charge in [-0.15, -0.1) is 47.3 Å². The van der Waals surface area contributed by atoms with Crippen molar-refractivity contribution in [3.63, 3.8) is 0 Å². The number of nitrogens with two attached hydrogens (primary N) is 1. The molecule has 0 saturated heterocycles. The molecule has 0 amide bonds. The molecule has 2 aromatic rings. The summed E-state index contributed by atoms with van der Waals surface area (Å²) in [5, 5.41) is 11.4. The zero-order chi connectivity index (χ0) is 14.2. The molecule has 0 spiro atoms. The number of amidine groups is 1. The number of rotatable bonds is 4. The summed E-state index contributed by atoms with van der Waals surface area (Å²) in [5.74, 6) is 1.57. The summed E-state index contributed by atoms with van der Waals surface area (Å²) in [7, 11) is 0. The second kappa shape index (κ2) is 6.43. The second-order valence-electron chi connectivity index (χ2n) is 4.21. The number of thioether (sulfide) groups is 2. The summed E-state index contributed by atoms with van der Waals surface area (Å²) in [5.41, 5.74) is 7.95. The van der Waals surface area contributed by atoms with Crippen LogP contribution in [0.5, 0.6) is 0 Å². The molecule has 3 N–H and O–H groups in total. The van der Waals surface area contributed by atoms with Crippen LogP contribution in [0.1, 0.15) is 16.2 Å². The van der Waals surface area contributed by atoms with Gasteiger partial charge in [0.2, 0.25) is 0 Å². The number of aromatic nitrogens is 1. The van der Waals surface area contributed by atoms with Crippen LogP contribution < -0.4 is 5.73 Å². The first-order valence-corrected chi connectivity index (χ1v) is 8.85. The summed E-state index contributed by atoms with van der Waals surface area (Å²) in [6.07, 6.45) is 3.64. The van der Waals surface area contributed by atoms with Gasteiger partial charge in [0.05, 0.1) is 20.8 Å². The summed E-state index contributed by atoms with van der Waals surface area (Å²) < 4.78 is 6.48. The van der Waals surface area contributed by atoms with Crippen molar-refractivity contribution in [1.82, 2.24) is 5.16 Å². The van der Waals surface area contributed by atoms with E-state index in [2.05, 4.69) is 10.1 Å². The van der Waals surface area contributed by atoms with E-state index >= 15 is 0 Å². The first kappa shape index (κ1) is 16.4. The number of hydrogen-bond donors (Lipinski definition) is 2. The molecule has 3 heterocycles. The predicted octanol–water partition coefficient (Wildman–Crippen LogP) is 3.18. The lowest BCUT2D eigenvalue weighted by Crippen LogP contribution is -2.25. The Labute approximate surface area is 140 Å². The van der Waals surface area contributed by atoms with Gasteiger partial charge in [-0.05, 0) is 12.3 Å². The second-order valence-corrected chi connectivity index (χ2v) is 7.17. The molecule has 1 unspecified atom stereocenters. The third-order valence-electron chi connectivity index (χ3n) is 3.08. The van der Waals surface area contributed by atoms with Crippen LogP contribution in [-0.2, 0) is 5.54 Å². The molecular weight excluding hydrogens is 348 g/mol. The van der Waals surface area contributed by atoms with Crippen molar-refractivity contribution in [2.45, 2.75) is 9.75 Å². The lowest BCUT2D eigenvalue weighted by Gasteiger charge is -2.22. The molecule has 0 radical (unpaired) electrons. The molecule has 0 saturated carbocycles. The first-order valence-electron chi connectivity index (χ1n) is 5.76. The number of nitrogen functional groups attached to an aromatic ring is 1. The lowest BCUT2D eigenvalue weighted by atomic mass is 9.92. The molecule has 21 heavy (non-hydrogen) atoms. The standard InChI is InChI=1S/C12H12N4OS3.ClH/c1-18-11-7(4-8(20-11)10(13)14)12(5-19-6-15-12)9-2-3-16-17-9;/h2-4,6H,5H2,1H3,(H3,13,14);1H. The highest BCUT2D eigenvalue weighted by Crippen LogP contribution is 2.46. The molecule has 0 aromatic carbocycles. The minimum absolute atomic E-state index is 0. The molecule has 9 heteroatoms. The third-order valence-corrected chi connectivity index (χ3v) is 6.22. The zero-order valence-corrected chi connectivity index (χ0v) is 14.3. The average Bonchev–Trinajstić information content (AvgIpc) is 3.17. The van der Waals surface area contributed by atoms with Gasteiger partial charge in [0.15, 0.2) is 11.3 Å². The Morgan fingerprint density at radius 3 is 2.90 bits per heavy atom. The molecule has 0 fully saturated rings.